The van der Waals surface area contributed by atoms with Gasteiger partial charge in [-0.1, -0.05) is 0 Å². The highest BCUT2D eigenvalue weighted by molar-refractivity contribution is 7.98. The van der Waals surface area contributed by atoms with E-state index in [4.69, 9.17) is 0 Å². The number of phenols is 1. The van der Waals surface area contributed by atoms with Gasteiger partial charge in [0.25, 0.3) is 0 Å². The monoisotopic (exact) mass is 390 g/mol. The fourth-order valence-electron chi connectivity index (χ4n) is 3.02. The molecule has 0 atom stereocenters. The molecule has 2 aromatic heterocycles. The first-order chi connectivity index (χ1) is 13.6. The summed E-state index contributed by atoms with van der Waals surface area (Å²) in [6, 6.07) is 9.39. The average Bonchev–Trinajstić information content (AvgIpc) is 3.14. The lowest BCUT2D eigenvalue weighted by molar-refractivity contribution is 0.482. The second-order valence-corrected chi connectivity index (χ2v) is 7.03. The third-order valence-electron chi connectivity index (χ3n) is 4.37. The molecule has 0 bridgehead atoms. The Labute approximate surface area is 166 Å². The fourth-order valence-corrected chi connectivity index (χ4v) is 3.61. The van der Waals surface area contributed by atoms with Crippen LogP contribution in [0.25, 0.3) is 22.0 Å². The van der Waals surface area contributed by atoms with E-state index in [-0.39, 0.29) is 5.75 Å². The SMILES string of the molecule is C=Nc1ccc(Nc2ncnc3cc(-c4cnn(C)c4)cc(O)c23)cc1SC. The maximum absolute atomic E-state index is 10.7. The third kappa shape index (κ3) is 3.29. The van der Waals surface area contributed by atoms with Gasteiger partial charge in [0.15, 0.2) is 0 Å². The van der Waals surface area contributed by atoms with Crippen LogP contribution in [0.15, 0.2) is 58.9 Å². The largest absolute Gasteiger partial charge is 0.507 e. The van der Waals surface area contributed by atoms with Crippen LogP contribution in [0.1, 0.15) is 0 Å². The van der Waals surface area contributed by atoms with Gasteiger partial charge in [-0.2, -0.15) is 5.10 Å². The number of benzene rings is 2. The summed E-state index contributed by atoms with van der Waals surface area (Å²) in [4.78, 5) is 13.7. The van der Waals surface area contributed by atoms with Crippen LogP contribution in [-0.4, -0.2) is 37.8 Å². The lowest BCUT2D eigenvalue weighted by Crippen LogP contribution is -1.97. The average molecular weight is 390 g/mol. The van der Waals surface area contributed by atoms with E-state index >= 15 is 0 Å². The predicted molar refractivity (Wildman–Crippen MR) is 114 cm³/mol. The van der Waals surface area contributed by atoms with Crippen LogP contribution in [0.3, 0.4) is 0 Å². The molecule has 0 aliphatic heterocycles. The van der Waals surface area contributed by atoms with Crippen molar-refractivity contribution in [1.82, 2.24) is 19.7 Å². The standard InChI is InChI=1S/C20H18N6OS/c1-21-15-5-4-14(8-18(15)28-3)25-20-19-16(22-11-23-20)6-12(7-17(19)27)13-9-24-26(2)10-13/h4-11,27H,1H2,2-3H3,(H,22,23,25). The van der Waals surface area contributed by atoms with Crippen LogP contribution in [0.2, 0.25) is 0 Å². The molecule has 28 heavy (non-hydrogen) atoms. The summed E-state index contributed by atoms with van der Waals surface area (Å²) in [6.07, 6.45) is 7.10. The number of phenolic OH excluding ortho intramolecular Hbond substituents is 1. The molecule has 2 N–H and O–H groups in total. The quantitative estimate of drug-likeness (QED) is 0.384. The second-order valence-electron chi connectivity index (χ2n) is 6.18. The first-order valence-electron chi connectivity index (χ1n) is 8.47. The smallest absolute Gasteiger partial charge is 0.145 e. The molecule has 4 aromatic rings. The molecule has 4 rings (SSSR count). The Bertz CT molecular complexity index is 1190. The molecule has 0 aliphatic rings. The summed E-state index contributed by atoms with van der Waals surface area (Å²) in [5.74, 6) is 0.639. The van der Waals surface area contributed by atoms with E-state index in [1.807, 2.05) is 43.8 Å². The number of aryl methyl sites for hydroxylation is 1. The van der Waals surface area contributed by atoms with Gasteiger partial charge in [0.1, 0.15) is 17.9 Å². The zero-order valence-electron chi connectivity index (χ0n) is 15.4. The minimum Gasteiger partial charge on any atom is -0.507 e. The number of nitrogens with zero attached hydrogens (tertiary/aromatic N) is 5. The van der Waals surface area contributed by atoms with Gasteiger partial charge in [0, 0.05) is 29.4 Å². The Morgan fingerprint density at radius 1 is 1.18 bits per heavy atom. The number of anilines is 2. The molecule has 8 heteroatoms. The van der Waals surface area contributed by atoms with Crippen molar-refractivity contribution >= 4 is 46.6 Å². The zero-order chi connectivity index (χ0) is 19.7. The summed E-state index contributed by atoms with van der Waals surface area (Å²) < 4.78 is 1.72. The van der Waals surface area contributed by atoms with E-state index < -0.39 is 0 Å². The highest BCUT2D eigenvalue weighted by atomic mass is 32.2. The van der Waals surface area contributed by atoms with Gasteiger partial charge >= 0.3 is 0 Å². The van der Waals surface area contributed by atoms with Crippen molar-refractivity contribution in [1.29, 1.82) is 0 Å². The Kier molecular flexibility index (Phi) is 4.70. The molecule has 0 amide bonds. The van der Waals surface area contributed by atoms with Gasteiger partial charge in [-0.05, 0) is 48.9 Å². The number of aromatic hydroxyl groups is 1. The Morgan fingerprint density at radius 3 is 2.75 bits per heavy atom. The Morgan fingerprint density at radius 2 is 2.04 bits per heavy atom. The lowest BCUT2D eigenvalue weighted by Gasteiger charge is -2.12. The van der Waals surface area contributed by atoms with Gasteiger partial charge in [0.2, 0.25) is 0 Å². The third-order valence-corrected chi connectivity index (χ3v) is 5.14. The van der Waals surface area contributed by atoms with E-state index in [1.165, 1.54) is 6.33 Å². The van der Waals surface area contributed by atoms with Crippen molar-refractivity contribution in [2.75, 3.05) is 11.6 Å². The van der Waals surface area contributed by atoms with Crippen molar-refractivity contribution in [3.8, 4) is 16.9 Å². The maximum atomic E-state index is 10.7. The number of hydrogen-bond donors (Lipinski definition) is 2. The van der Waals surface area contributed by atoms with Crippen molar-refractivity contribution in [2.45, 2.75) is 4.90 Å². The highest BCUT2D eigenvalue weighted by Crippen LogP contribution is 2.36. The van der Waals surface area contributed by atoms with Gasteiger partial charge in [-0.15, -0.1) is 11.8 Å². The van der Waals surface area contributed by atoms with E-state index in [0.29, 0.717) is 16.7 Å². The maximum Gasteiger partial charge on any atom is 0.145 e. The van der Waals surface area contributed by atoms with E-state index in [0.717, 1.165) is 27.4 Å². The van der Waals surface area contributed by atoms with Gasteiger partial charge < -0.3 is 10.4 Å². The summed E-state index contributed by atoms with van der Waals surface area (Å²) in [6.45, 7) is 3.60. The molecule has 0 radical (unpaired) electrons. The first kappa shape index (κ1) is 18.0. The molecule has 0 aliphatic carbocycles. The van der Waals surface area contributed by atoms with Gasteiger partial charge in [-0.25, -0.2) is 9.97 Å². The molecule has 2 aromatic carbocycles. The zero-order valence-corrected chi connectivity index (χ0v) is 16.2. The van der Waals surface area contributed by atoms with Crippen LogP contribution in [0, 0.1) is 0 Å². The number of fused-ring (bicyclic) bond motifs is 1. The molecule has 0 spiro atoms. The summed E-state index contributed by atoms with van der Waals surface area (Å²) in [5.41, 5.74) is 4.06. The number of hydrogen-bond acceptors (Lipinski definition) is 7. The lowest BCUT2D eigenvalue weighted by atomic mass is 10.1. The van der Waals surface area contributed by atoms with Gasteiger partial charge in [-0.3, -0.25) is 9.67 Å². The van der Waals surface area contributed by atoms with Crippen LogP contribution >= 0.6 is 11.8 Å². The van der Waals surface area contributed by atoms with Crippen LogP contribution in [0.5, 0.6) is 5.75 Å². The van der Waals surface area contributed by atoms with E-state index in [2.05, 4.69) is 32.1 Å². The summed E-state index contributed by atoms with van der Waals surface area (Å²) in [7, 11) is 1.85. The fraction of sp³-hybridized carbons (Fsp3) is 0.100. The second kappa shape index (κ2) is 7.32. The number of aliphatic imine (C=N–C) groups is 1. The summed E-state index contributed by atoms with van der Waals surface area (Å²) >= 11 is 1.59. The molecule has 0 saturated carbocycles. The Hall–Kier alpha value is -3.39. The number of nitrogens with one attached hydrogen (secondary N) is 1. The normalized spacial score (nSPS) is 10.9. The van der Waals surface area contributed by atoms with Crippen LogP contribution < -0.4 is 5.32 Å². The van der Waals surface area contributed by atoms with Crippen LogP contribution in [0.4, 0.5) is 17.2 Å². The molecule has 7 nitrogen and oxygen atoms in total. The molecule has 2 heterocycles. The molecule has 140 valence electrons. The molecular formula is C20H18N6OS. The predicted octanol–water partition coefficient (Wildman–Crippen LogP) is 4.53. The number of rotatable bonds is 5. The Balaban J connectivity index is 1.77. The van der Waals surface area contributed by atoms with Gasteiger partial charge in [0.05, 0.1) is 22.8 Å². The highest BCUT2D eigenvalue weighted by Gasteiger charge is 2.13. The molecule has 0 unspecified atom stereocenters. The minimum absolute atomic E-state index is 0.105. The topological polar surface area (TPSA) is 88.2 Å². The van der Waals surface area contributed by atoms with E-state index in [9.17, 15) is 5.11 Å². The summed E-state index contributed by atoms with van der Waals surface area (Å²) in [5, 5.41) is 18.7. The van der Waals surface area contributed by atoms with Crippen molar-refractivity contribution in [3.05, 3.63) is 49.1 Å². The minimum atomic E-state index is 0.105. The van der Waals surface area contributed by atoms with Crippen molar-refractivity contribution in [3.63, 3.8) is 0 Å². The number of aromatic nitrogens is 4. The number of thioether (sulfide) groups is 1. The molecule has 0 saturated heterocycles. The molecule has 0 fully saturated rings. The first-order valence-corrected chi connectivity index (χ1v) is 9.70. The van der Waals surface area contributed by atoms with Crippen LogP contribution in [-0.2, 0) is 7.05 Å². The van der Waals surface area contributed by atoms with Crippen molar-refractivity contribution < 1.29 is 5.11 Å². The van der Waals surface area contributed by atoms with Crippen molar-refractivity contribution in [2.24, 2.45) is 12.0 Å². The molecular weight excluding hydrogens is 372 g/mol. The van der Waals surface area contributed by atoms with E-state index in [1.54, 1.807) is 28.7 Å².